The van der Waals surface area contributed by atoms with E-state index >= 15 is 0 Å². The summed E-state index contributed by atoms with van der Waals surface area (Å²) >= 11 is 0. The molecule has 7 heteroatoms. The molecule has 0 aliphatic carbocycles. The van der Waals surface area contributed by atoms with Crippen molar-refractivity contribution >= 4 is 11.8 Å². The second kappa shape index (κ2) is 15.6. The van der Waals surface area contributed by atoms with E-state index in [0.717, 1.165) is 44.9 Å². The molecular weight excluding hydrogens is 362 g/mol. The Morgan fingerprint density at radius 2 is 1.54 bits per heavy atom. The van der Waals surface area contributed by atoms with Gasteiger partial charge in [0.2, 0.25) is 0 Å². The summed E-state index contributed by atoms with van der Waals surface area (Å²) in [5.41, 5.74) is 3.16. The number of carbonyl (C=O) groups is 2. The largest absolute Gasteiger partial charge is 0.480 e. The molecule has 0 bridgehead atoms. The Morgan fingerprint density at radius 1 is 0.964 bits per heavy atom. The summed E-state index contributed by atoms with van der Waals surface area (Å²) in [5.74, 6) is -1.20. The third kappa shape index (κ3) is 10.9. The number of rotatable bonds is 18. The van der Waals surface area contributed by atoms with Crippen molar-refractivity contribution in [1.82, 2.24) is 0 Å². The van der Waals surface area contributed by atoms with Crippen LogP contribution in [0.1, 0.15) is 84.0 Å². The number of hydrogen-bond acceptors (Lipinski definition) is 6. The third-order valence-electron chi connectivity index (χ3n) is 4.98. The molecule has 0 aliphatic rings. The zero-order valence-corrected chi connectivity index (χ0v) is 17.2. The number of carboxylic acid groups (broad SMARTS) is 1. The Bertz CT molecular complexity index is 468. The molecule has 0 aromatic heterocycles. The Balaban J connectivity index is 3.80. The van der Waals surface area contributed by atoms with Crippen molar-refractivity contribution in [3.8, 4) is 0 Å². The van der Waals surface area contributed by atoms with Crippen LogP contribution >= 0.6 is 0 Å². The van der Waals surface area contributed by atoms with Gasteiger partial charge in [-0.2, -0.15) is 0 Å². The van der Waals surface area contributed by atoms with Crippen LogP contribution in [0.3, 0.4) is 0 Å². The van der Waals surface area contributed by atoms with E-state index in [-0.39, 0.29) is 6.42 Å². The van der Waals surface area contributed by atoms with Gasteiger partial charge in [-0.1, -0.05) is 51.2 Å². The van der Waals surface area contributed by atoms with Gasteiger partial charge in [0.1, 0.15) is 11.9 Å². The molecule has 0 saturated carbocycles. The van der Waals surface area contributed by atoms with Gasteiger partial charge in [-0.3, -0.25) is 9.59 Å². The van der Waals surface area contributed by atoms with Crippen molar-refractivity contribution in [2.24, 2.45) is 5.73 Å². The van der Waals surface area contributed by atoms with Crippen molar-refractivity contribution < 1.29 is 30.0 Å². The Kier molecular flexibility index (Phi) is 14.9. The molecule has 0 amide bonds. The number of allylic oxidation sites excluding steroid dienone is 1. The summed E-state index contributed by atoms with van der Waals surface area (Å²) in [6.07, 6.45) is 11.1. The first kappa shape index (κ1) is 26.7. The van der Waals surface area contributed by atoms with Crippen LogP contribution in [0.2, 0.25) is 0 Å². The second-order valence-corrected chi connectivity index (χ2v) is 7.53. The predicted octanol–water partition coefficient (Wildman–Crippen LogP) is 2.31. The number of aliphatic hydroxyl groups excluding tert-OH is 3. The average Bonchev–Trinajstić information content (AvgIpc) is 2.68. The Hall–Kier alpha value is -1.28. The van der Waals surface area contributed by atoms with Gasteiger partial charge >= 0.3 is 5.97 Å². The zero-order valence-electron chi connectivity index (χ0n) is 17.2. The van der Waals surface area contributed by atoms with Crippen LogP contribution in [0, 0.1) is 0 Å². The maximum atomic E-state index is 11.7. The maximum Gasteiger partial charge on any atom is 0.328 e. The standard InChI is InChI=1S/C21H39NO6/c1-2-3-4-10-13-17(24)14-11-8-6-5-7-9-12-15-18(25)19(26)21(22,16-23)20(27)28/h9,12,18-19,23,25-26H,2-8,10-11,13-16,22H2,1H3,(H,27,28)/b12-9+. The Labute approximate surface area is 168 Å². The van der Waals surface area contributed by atoms with Gasteiger partial charge in [0.25, 0.3) is 0 Å². The van der Waals surface area contributed by atoms with E-state index in [0.29, 0.717) is 18.6 Å². The van der Waals surface area contributed by atoms with Crippen molar-refractivity contribution in [1.29, 1.82) is 0 Å². The number of carboxylic acids is 1. The lowest BCUT2D eigenvalue weighted by atomic mass is 9.89. The topological polar surface area (TPSA) is 141 Å². The summed E-state index contributed by atoms with van der Waals surface area (Å²) in [5, 5.41) is 37.8. The van der Waals surface area contributed by atoms with E-state index in [4.69, 9.17) is 15.9 Å². The van der Waals surface area contributed by atoms with Crippen molar-refractivity contribution in [3.63, 3.8) is 0 Å². The van der Waals surface area contributed by atoms with Crippen LogP contribution in [0.15, 0.2) is 12.2 Å². The number of aliphatic carboxylic acids is 1. The van der Waals surface area contributed by atoms with Crippen LogP contribution < -0.4 is 5.73 Å². The normalized spacial score (nSPS) is 16.0. The molecule has 3 unspecified atom stereocenters. The quantitative estimate of drug-likeness (QED) is 0.175. The van der Waals surface area contributed by atoms with Crippen molar-refractivity contribution in [2.45, 2.75) is 102 Å². The summed E-state index contributed by atoms with van der Waals surface area (Å²) < 4.78 is 0. The fourth-order valence-electron chi connectivity index (χ4n) is 2.93. The molecule has 0 saturated heterocycles. The zero-order chi connectivity index (χ0) is 21.4. The molecule has 0 aliphatic heterocycles. The average molecular weight is 402 g/mol. The lowest BCUT2D eigenvalue weighted by Gasteiger charge is -2.30. The first-order valence-electron chi connectivity index (χ1n) is 10.5. The van der Waals surface area contributed by atoms with Gasteiger partial charge in [0, 0.05) is 12.8 Å². The minimum absolute atomic E-state index is 0.0555. The molecule has 3 atom stereocenters. The highest BCUT2D eigenvalue weighted by Gasteiger charge is 2.44. The molecule has 28 heavy (non-hydrogen) atoms. The molecule has 0 radical (unpaired) electrons. The molecule has 0 spiro atoms. The predicted molar refractivity (Wildman–Crippen MR) is 109 cm³/mol. The summed E-state index contributed by atoms with van der Waals surface area (Å²) in [4.78, 5) is 22.7. The fraction of sp³-hybridized carbons (Fsp3) is 0.810. The fourth-order valence-corrected chi connectivity index (χ4v) is 2.93. The van der Waals surface area contributed by atoms with Gasteiger partial charge in [-0.15, -0.1) is 0 Å². The van der Waals surface area contributed by atoms with Gasteiger partial charge in [-0.05, 0) is 32.1 Å². The maximum absolute atomic E-state index is 11.7. The molecule has 164 valence electrons. The van der Waals surface area contributed by atoms with Crippen LogP contribution in [0.5, 0.6) is 0 Å². The van der Waals surface area contributed by atoms with Gasteiger partial charge in [0.05, 0.1) is 12.7 Å². The molecule has 0 aromatic rings. The van der Waals surface area contributed by atoms with Crippen molar-refractivity contribution in [2.75, 3.05) is 6.61 Å². The van der Waals surface area contributed by atoms with Crippen LogP contribution in [0.4, 0.5) is 0 Å². The molecule has 0 fully saturated rings. The first-order chi connectivity index (χ1) is 13.3. The number of aliphatic hydroxyl groups is 3. The highest BCUT2D eigenvalue weighted by molar-refractivity contribution is 5.79. The SMILES string of the molecule is CCCCCCC(=O)CCCCCC/C=C/CC(O)C(O)C(N)(CO)C(=O)O. The van der Waals surface area contributed by atoms with Gasteiger partial charge in [0.15, 0.2) is 5.54 Å². The van der Waals surface area contributed by atoms with Crippen LogP contribution in [-0.2, 0) is 9.59 Å². The van der Waals surface area contributed by atoms with E-state index in [9.17, 15) is 19.8 Å². The monoisotopic (exact) mass is 401 g/mol. The van der Waals surface area contributed by atoms with E-state index in [1.807, 2.05) is 6.08 Å². The number of unbranched alkanes of at least 4 members (excludes halogenated alkanes) is 7. The minimum Gasteiger partial charge on any atom is -0.480 e. The number of hydrogen-bond donors (Lipinski definition) is 5. The van der Waals surface area contributed by atoms with E-state index in [1.165, 1.54) is 12.8 Å². The molecule has 0 rings (SSSR count). The third-order valence-corrected chi connectivity index (χ3v) is 4.98. The Morgan fingerprint density at radius 3 is 2.07 bits per heavy atom. The van der Waals surface area contributed by atoms with E-state index in [2.05, 4.69) is 6.92 Å². The molecule has 7 nitrogen and oxygen atoms in total. The highest BCUT2D eigenvalue weighted by atomic mass is 16.4. The van der Waals surface area contributed by atoms with E-state index < -0.39 is 30.3 Å². The number of Topliss-reactive ketones (excluding diaryl/α,β-unsaturated/α-hetero) is 1. The smallest absolute Gasteiger partial charge is 0.328 e. The van der Waals surface area contributed by atoms with Gasteiger partial charge < -0.3 is 26.2 Å². The highest BCUT2D eigenvalue weighted by Crippen LogP contribution is 2.15. The minimum atomic E-state index is -2.28. The molecule has 0 aromatic carbocycles. The lowest BCUT2D eigenvalue weighted by molar-refractivity contribution is -0.155. The first-order valence-corrected chi connectivity index (χ1v) is 10.5. The second-order valence-electron chi connectivity index (χ2n) is 7.53. The van der Waals surface area contributed by atoms with Crippen LogP contribution in [0.25, 0.3) is 0 Å². The summed E-state index contributed by atoms with van der Waals surface area (Å²) in [7, 11) is 0. The van der Waals surface area contributed by atoms with Gasteiger partial charge in [-0.25, -0.2) is 0 Å². The van der Waals surface area contributed by atoms with E-state index in [1.54, 1.807) is 6.08 Å². The number of nitrogens with two attached hydrogens (primary N) is 1. The molecular formula is C21H39NO6. The van der Waals surface area contributed by atoms with Crippen molar-refractivity contribution in [3.05, 3.63) is 12.2 Å². The molecule has 0 heterocycles. The number of carbonyl (C=O) groups excluding carboxylic acids is 1. The molecule has 6 N–H and O–H groups in total. The van der Waals surface area contributed by atoms with Crippen LogP contribution in [-0.4, -0.2) is 56.5 Å². The summed E-state index contributed by atoms with van der Waals surface area (Å²) in [6, 6.07) is 0. The number of ketones is 1. The lowest BCUT2D eigenvalue weighted by Crippen LogP contribution is -2.63. The summed E-state index contributed by atoms with van der Waals surface area (Å²) in [6.45, 7) is 1.19.